The Balaban J connectivity index is 1.56. The summed E-state index contributed by atoms with van der Waals surface area (Å²) in [5.41, 5.74) is 1.93. The number of aromatic nitrogens is 5. The standard InChI is InChI=1S/C22H26N6O/c1-16(2)21-26-11-13-28(21)22-20(24-9-10-25-22)18-4-3-12-27(15-18)19(29)14-17-5-7-23-8-6-17/h5-11,13,16,18H,3-4,12,14-15H2,1-2H3/t18-/m1/s1. The number of hydrogen-bond acceptors (Lipinski definition) is 5. The molecule has 3 aromatic rings. The summed E-state index contributed by atoms with van der Waals surface area (Å²) in [5, 5.41) is 0. The summed E-state index contributed by atoms with van der Waals surface area (Å²) in [6, 6.07) is 3.79. The first-order chi connectivity index (χ1) is 14.1. The Kier molecular flexibility index (Phi) is 5.64. The first-order valence-corrected chi connectivity index (χ1v) is 10.1. The maximum Gasteiger partial charge on any atom is 0.227 e. The van der Waals surface area contributed by atoms with Crippen LogP contribution < -0.4 is 0 Å². The minimum Gasteiger partial charge on any atom is -0.342 e. The van der Waals surface area contributed by atoms with E-state index >= 15 is 0 Å². The molecule has 150 valence electrons. The van der Waals surface area contributed by atoms with Crippen LogP contribution in [-0.2, 0) is 11.2 Å². The Hall–Kier alpha value is -3.09. The average Bonchev–Trinajstić information content (AvgIpc) is 3.25. The fourth-order valence-electron chi connectivity index (χ4n) is 3.95. The maximum absolute atomic E-state index is 12.9. The van der Waals surface area contributed by atoms with Crippen molar-refractivity contribution in [1.82, 2.24) is 29.4 Å². The molecule has 0 saturated carbocycles. The predicted molar refractivity (Wildman–Crippen MR) is 110 cm³/mol. The molecule has 3 aromatic heterocycles. The number of nitrogens with zero attached hydrogens (tertiary/aromatic N) is 6. The lowest BCUT2D eigenvalue weighted by Crippen LogP contribution is -2.40. The quantitative estimate of drug-likeness (QED) is 0.669. The molecule has 0 N–H and O–H groups in total. The van der Waals surface area contributed by atoms with Crippen LogP contribution in [0, 0.1) is 0 Å². The topological polar surface area (TPSA) is 76.8 Å². The van der Waals surface area contributed by atoms with E-state index in [9.17, 15) is 4.79 Å². The van der Waals surface area contributed by atoms with Crippen molar-refractivity contribution in [3.05, 3.63) is 66.4 Å². The van der Waals surface area contributed by atoms with Gasteiger partial charge in [0.15, 0.2) is 5.82 Å². The molecule has 7 heteroatoms. The van der Waals surface area contributed by atoms with Gasteiger partial charge in [0.25, 0.3) is 0 Å². The van der Waals surface area contributed by atoms with E-state index in [0.717, 1.165) is 42.3 Å². The second kappa shape index (κ2) is 8.51. The van der Waals surface area contributed by atoms with Gasteiger partial charge in [0.2, 0.25) is 5.91 Å². The van der Waals surface area contributed by atoms with Gasteiger partial charge in [-0.25, -0.2) is 9.97 Å². The first kappa shape index (κ1) is 19.2. The van der Waals surface area contributed by atoms with Gasteiger partial charge in [-0.15, -0.1) is 0 Å². The van der Waals surface area contributed by atoms with Gasteiger partial charge < -0.3 is 4.90 Å². The number of amides is 1. The van der Waals surface area contributed by atoms with Crippen molar-refractivity contribution in [2.45, 2.75) is 44.9 Å². The number of likely N-dealkylation sites (tertiary alicyclic amines) is 1. The highest BCUT2D eigenvalue weighted by Gasteiger charge is 2.28. The maximum atomic E-state index is 12.9. The number of piperidine rings is 1. The molecule has 1 atom stereocenters. The van der Waals surface area contributed by atoms with Gasteiger partial charge in [0, 0.05) is 62.1 Å². The fourth-order valence-corrected chi connectivity index (χ4v) is 3.95. The summed E-state index contributed by atoms with van der Waals surface area (Å²) < 4.78 is 2.03. The van der Waals surface area contributed by atoms with Crippen LogP contribution in [0.3, 0.4) is 0 Å². The summed E-state index contributed by atoms with van der Waals surface area (Å²) in [7, 11) is 0. The van der Waals surface area contributed by atoms with Gasteiger partial charge in [-0.05, 0) is 30.5 Å². The highest BCUT2D eigenvalue weighted by atomic mass is 16.2. The minimum atomic E-state index is 0.150. The lowest BCUT2D eigenvalue weighted by molar-refractivity contribution is -0.131. The molecule has 7 nitrogen and oxygen atoms in total. The fraction of sp³-hybridized carbons (Fsp3) is 0.409. The zero-order chi connectivity index (χ0) is 20.2. The SMILES string of the molecule is CC(C)c1nccn1-c1nccnc1[C@@H]1CCCN(C(=O)Cc2ccncc2)C1. The second-order valence-corrected chi connectivity index (χ2v) is 7.79. The summed E-state index contributed by atoms with van der Waals surface area (Å²) in [6.45, 7) is 5.70. The van der Waals surface area contributed by atoms with Crippen LogP contribution >= 0.6 is 0 Å². The Morgan fingerprint density at radius 1 is 1.10 bits per heavy atom. The molecule has 1 aliphatic rings. The molecule has 29 heavy (non-hydrogen) atoms. The van der Waals surface area contributed by atoms with Crippen LogP contribution in [0.4, 0.5) is 0 Å². The Bertz CT molecular complexity index is 968. The van der Waals surface area contributed by atoms with E-state index in [-0.39, 0.29) is 17.7 Å². The normalized spacial score (nSPS) is 16.9. The van der Waals surface area contributed by atoms with Gasteiger partial charge >= 0.3 is 0 Å². The summed E-state index contributed by atoms with van der Waals surface area (Å²) >= 11 is 0. The van der Waals surface area contributed by atoms with Gasteiger partial charge in [0.05, 0.1) is 12.1 Å². The lowest BCUT2D eigenvalue weighted by atomic mass is 9.93. The smallest absolute Gasteiger partial charge is 0.227 e. The van der Waals surface area contributed by atoms with Crippen LogP contribution in [0.5, 0.6) is 0 Å². The number of carbonyl (C=O) groups is 1. The summed E-state index contributed by atoms with van der Waals surface area (Å²) in [6.07, 6.45) is 13.0. The van der Waals surface area contributed by atoms with Crippen LogP contribution in [0.2, 0.25) is 0 Å². The monoisotopic (exact) mass is 390 g/mol. The Labute approximate surface area is 170 Å². The van der Waals surface area contributed by atoms with E-state index in [1.807, 2.05) is 27.8 Å². The van der Waals surface area contributed by atoms with Crippen molar-refractivity contribution < 1.29 is 4.79 Å². The molecule has 1 fully saturated rings. The van der Waals surface area contributed by atoms with Crippen molar-refractivity contribution in [3.63, 3.8) is 0 Å². The van der Waals surface area contributed by atoms with Gasteiger partial charge in [0.1, 0.15) is 5.82 Å². The van der Waals surface area contributed by atoms with Crippen molar-refractivity contribution in [3.8, 4) is 5.82 Å². The second-order valence-electron chi connectivity index (χ2n) is 7.79. The largest absolute Gasteiger partial charge is 0.342 e. The number of carbonyl (C=O) groups excluding carboxylic acids is 1. The highest BCUT2D eigenvalue weighted by Crippen LogP contribution is 2.30. The molecule has 0 bridgehead atoms. The van der Waals surface area contributed by atoms with E-state index in [0.29, 0.717) is 13.0 Å². The molecule has 4 rings (SSSR count). The van der Waals surface area contributed by atoms with Crippen molar-refractivity contribution in [2.24, 2.45) is 0 Å². The van der Waals surface area contributed by atoms with Crippen molar-refractivity contribution in [1.29, 1.82) is 0 Å². The van der Waals surface area contributed by atoms with E-state index < -0.39 is 0 Å². The molecule has 1 amide bonds. The molecule has 0 aliphatic carbocycles. The molecule has 1 saturated heterocycles. The van der Waals surface area contributed by atoms with Gasteiger partial charge in [-0.1, -0.05) is 13.8 Å². The third-order valence-electron chi connectivity index (χ3n) is 5.39. The Morgan fingerprint density at radius 2 is 1.90 bits per heavy atom. The van der Waals surface area contributed by atoms with Gasteiger partial charge in [-0.3, -0.25) is 19.3 Å². The van der Waals surface area contributed by atoms with Gasteiger partial charge in [-0.2, -0.15) is 0 Å². The number of rotatable bonds is 5. The van der Waals surface area contributed by atoms with E-state index in [2.05, 4.69) is 33.8 Å². The third-order valence-corrected chi connectivity index (χ3v) is 5.39. The van der Waals surface area contributed by atoms with Crippen LogP contribution in [0.25, 0.3) is 5.82 Å². The molecular formula is C22H26N6O. The summed E-state index contributed by atoms with van der Waals surface area (Å²) in [4.78, 5) is 32.6. The molecule has 0 radical (unpaired) electrons. The zero-order valence-electron chi connectivity index (χ0n) is 16.9. The zero-order valence-corrected chi connectivity index (χ0v) is 16.9. The molecular weight excluding hydrogens is 364 g/mol. The van der Waals surface area contributed by atoms with Crippen LogP contribution in [0.1, 0.15) is 55.6 Å². The van der Waals surface area contributed by atoms with E-state index in [1.54, 1.807) is 31.0 Å². The Morgan fingerprint density at radius 3 is 2.69 bits per heavy atom. The third kappa shape index (κ3) is 4.18. The lowest BCUT2D eigenvalue weighted by Gasteiger charge is -2.33. The minimum absolute atomic E-state index is 0.150. The highest BCUT2D eigenvalue weighted by molar-refractivity contribution is 5.79. The molecule has 0 spiro atoms. The van der Waals surface area contributed by atoms with Crippen LogP contribution in [-0.4, -0.2) is 48.4 Å². The number of pyridine rings is 1. The first-order valence-electron chi connectivity index (χ1n) is 10.1. The molecule has 0 unspecified atom stereocenters. The number of imidazole rings is 1. The predicted octanol–water partition coefficient (Wildman–Crippen LogP) is 3.13. The summed E-state index contributed by atoms with van der Waals surface area (Å²) in [5.74, 6) is 2.38. The van der Waals surface area contributed by atoms with Crippen LogP contribution in [0.15, 0.2) is 49.3 Å². The average molecular weight is 390 g/mol. The molecule has 1 aliphatic heterocycles. The number of hydrogen-bond donors (Lipinski definition) is 0. The molecule has 0 aromatic carbocycles. The van der Waals surface area contributed by atoms with E-state index in [1.165, 1.54) is 0 Å². The van der Waals surface area contributed by atoms with E-state index in [4.69, 9.17) is 0 Å². The van der Waals surface area contributed by atoms with Crippen molar-refractivity contribution >= 4 is 5.91 Å². The van der Waals surface area contributed by atoms with Crippen molar-refractivity contribution in [2.75, 3.05) is 13.1 Å². The molecule has 4 heterocycles.